The van der Waals surface area contributed by atoms with Gasteiger partial charge in [-0.3, -0.25) is 0 Å². The first-order valence-corrected chi connectivity index (χ1v) is 6.24. The van der Waals surface area contributed by atoms with Gasteiger partial charge in [-0.05, 0) is 38.8 Å². The fourth-order valence-electron chi connectivity index (χ4n) is 2.52. The molecular weight excluding hydrogens is 264 g/mol. The number of rotatable bonds is 1. The summed E-state index contributed by atoms with van der Waals surface area (Å²) >= 11 is 0. The molecule has 0 aliphatic carbocycles. The maximum atomic E-state index is 11.3. The van der Waals surface area contributed by atoms with Gasteiger partial charge in [-0.25, -0.2) is 4.79 Å². The third-order valence-electron chi connectivity index (χ3n) is 4.16. The summed E-state index contributed by atoms with van der Waals surface area (Å²) in [6, 6.07) is 0. The molecular formula is C14H18O6. The van der Waals surface area contributed by atoms with Crippen LogP contribution in [0.3, 0.4) is 0 Å². The zero-order valence-electron chi connectivity index (χ0n) is 11.8. The van der Waals surface area contributed by atoms with Gasteiger partial charge in [-0.1, -0.05) is 0 Å². The molecule has 1 aromatic carbocycles. The zero-order valence-corrected chi connectivity index (χ0v) is 11.8. The molecule has 110 valence electrons. The molecule has 0 aromatic heterocycles. The molecule has 0 amide bonds. The summed E-state index contributed by atoms with van der Waals surface area (Å²) in [7, 11) is 0. The van der Waals surface area contributed by atoms with Crippen LogP contribution in [-0.2, 0) is 4.79 Å². The highest BCUT2D eigenvalue weighted by Crippen LogP contribution is 2.47. The van der Waals surface area contributed by atoms with Crippen molar-refractivity contribution in [1.82, 2.24) is 0 Å². The first kappa shape index (κ1) is 14.6. The Bertz CT molecular complexity index is 594. The van der Waals surface area contributed by atoms with Gasteiger partial charge in [0.15, 0.2) is 0 Å². The Balaban J connectivity index is 2.76. The number of carbonyl (C=O) groups is 1. The maximum absolute atomic E-state index is 11.3. The number of aromatic hydroxyl groups is 1. The van der Waals surface area contributed by atoms with E-state index in [0.29, 0.717) is 16.7 Å². The Morgan fingerprint density at radius 3 is 2.20 bits per heavy atom. The molecule has 3 atom stereocenters. The molecule has 6 nitrogen and oxygen atoms in total. The number of carboxylic acid groups (broad SMARTS) is 1. The van der Waals surface area contributed by atoms with Gasteiger partial charge in [0.2, 0.25) is 5.60 Å². The summed E-state index contributed by atoms with van der Waals surface area (Å²) in [5.74, 6) is -1.15. The lowest BCUT2D eigenvalue weighted by molar-refractivity contribution is -0.178. The number of hydrogen-bond acceptors (Lipinski definition) is 5. The SMILES string of the molecule is Cc1c(C)c2c(c(C)c1O)C(O)C(O)C(C)(C(=O)O)O2. The van der Waals surface area contributed by atoms with Crippen LogP contribution >= 0.6 is 0 Å². The van der Waals surface area contributed by atoms with Gasteiger partial charge in [-0.15, -0.1) is 0 Å². The standard InChI is InChI=1S/C14H18O6/c1-5-6(2)11-8(7(3)9(5)15)10(16)12(17)14(4,20-11)13(18)19/h10,12,15-17H,1-4H3,(H,18,19). The number of fused-ring (bicyclic) bond motifs is 1. The van der Waals surface area contributed by atoms with E-state index in [9.17, 15) is 25.2 Å². The van der Waals surface area contributed by atoms with Crippen LogP contribution in [0, 0.1) is 20.8 Å². The summed E-state index contributed by atoms with van der Waals surface area (Å²) < 4.78 is 5.49. The van der Waals surface area contributed by atoms with Crippen LogP contribution in [0.4, 0.5) is 0 Å². The van der Waals surface area contributed by atoms with E-state index in [1.807, 2.05) is 0 Å². The highest BCUT2D eigenvalue weighted by atomic mass is 16.5. The molecule has 1 aromatic rings. The predicted octanol–water partition coefficient (Wildman–Crippen LogP) is 0.947. The molecule has 0 spiro atoms. The predicted molar refractivity (Wildman–Crippen MR) is 70.0 cm³/mol. The molecule has 0 fully saturated rings. The van der Waals surface area contributed by atoms with Crippen LogP contribution in [0.5, 0.6) is 11.5 Å². The van der Waals surface area contributed by atoms with Gasteiger partial charge in [0.1, 0.15) is 23.7 Å². The molecule has 0 saturated carbocycles. The lowest BCUT2D eigenvalue weighted by Gasteiger charge is -2.41. The number of aliphatic hydroxyl groups is 2. The number of hydrogen-bond donors (Lipinski definition) is 4. The molecule has 1 aliphatic rings. The molecule has 20 heavy (non-hydrogen) atoms. The van der Waals surface area contributed by atoms with E-state index in [1.54, 1.807) is 20.8 Å². The molecule has 4 N–H and O–H groups in total. The van der Waals surface area contributed by atoms with Crippen molar-refractivity contribution in [2.75, 3.05) is 0 Å². The minimum atomic E-state index is -1.94. The maximum Gasteiger partial charge on any atom is 0.350 e. The van der Waals surface area contributed by atoms with E-state index in [0.717, 1.165) is 0 Å². The molecule has 3 unspecified atom stereocenters. The van der Waals surface area contributed by atoms with Crippen LogP contribution in [0.15, 0.2) is 0 Å². The number of benzene rings is 1. The average molecular weight is 282 g/mol. The fraction of sp³-hybridized carbons (Fsp3) is 0.500. The average Bonchev–Trinajstić information content (AvgIpc) is 2.39. The van der Waals surface area contributed by atoms with Crippen molar-refractivity contribution in [3.05, 3.63) is 22.3 Å². The summed E-state index contributed by atoms with van der Waals surface area (Å²) in [4.78, 5) is 11.3. The third kappa shape index (κ3) is 1.68. The van der Waals surface area contributed by atoms with Crippen molar-refractivity contribution >= 4 is 5.97 Å². The number of phenolic OH excluding ortho intramolecular Hbond substituents is 1. The molecule has 1 heterocycles. The van der Waals surface area contributed by atoms with Gasteiger partial charge in [0.25, 0.3) is 0 Å². The van der Waals surface area contributed by atoms with E-state index in [1.165, 1.54) is 6.92 Å². The molecule has 0 bridgehead atoms. The number of aliphatic carboxylic acids is 1. The highest BCUT2D eigenvalue weighted by molar-refractivity contribution is 5.80. The van der Waals surface area contributed by atoms with Crippen LogP contribution in [0.1, 0.15) is 35.3 Å². The topological polar surface area (TPSA) is 107 Å². The van der Waals surface area contributed by atoms with Crippen molar-refractivity contribution in [2.45, 2.75) is 45.5 Å². The monoisotopic (exact) mass is 282 g/mol. The van der Waals surface area contributed by atoms with Crippen molar-refractivity contribution < 1.29 is 30.0 Å². The highest BCUT2D eigenvalue weighted by Gasteiger charge is 2.52. The summed E-state index contributed by atoms with van der Waals surface area (Å²) in [6.45, 7) is 6.14. The van der Waals surface area contributed by atoms with E-state index in [2.05, 4.69) is 0 Å². The Kier molecular flexibility index (Phi) is 3.19. The van der Waals surface area contributed by atoms with E-state index in [-0.39, 0.29) is 17.1 Å². The number of ether oxygens (including phenoxy) is 1. The Morgan fingerprint density at radius 2 is 1.70 bits per heavy atom. The number of carboxylic acids is 1. The first-order chi connectivity index (χ1) is 9.12. The van der Waals surface area contributed by atoms with Crippen molar-refractivity contribution in [2.24, 2.45) is 0 Å². The Morgan fingerprint density at radius 1 is 1.15 bits per heavy atom. The van der Waals surface area contributed by atoms with Gasteiger partial charge >= 0.3 is 5.97 Å². The van der Waals surface area contributed by atoms with Gasteiger partial charge in [0, 0.05) is 11.1 Å². The summed E-state index contributed by atoms with van der Waals surface area (Å²) in [5.41, 5.74) is -0.231. The molecule has 6 heteroatoms. The fourth-order valence-corrected chi connectivity index (χ4v) is 2.52. The second-order valence-corrected chi connectivity index (χ2v) is 5.37. The molecule has 0 radical (unpaired) electrons. The summed E-state index contributed by atoms with van der Waals surface area (Å²) in [5, 5.41) is 39.6. The molecule has 1 aliphatic heterocycles. The zero-order chi connectivity index (χ0) is 15.4. The van der Waals surface area contributed by atoms with Crippen LogP contribution in [0.25, 0.3) is 0 Å². The van der Waals surface area contributed by atoms with Crippen LogP contribution in [-0.4, -0.2) is 38.1 Å². The summed E-state index contributed by atoms with van der Waals surface area (Å²) in [6.07, 6.45) is -3.07. The van der Waals surface area contributed by atoms with Crippen molar-refractivity contribution in [1.29, 1.82) is 0 Å². The van der Waals surface area contributed by atoms with Crippen LogP contribution in [0.2, 0.25) is 0 Å². The van der Waals surface area contributed by atoms with Crippen LogP contribution < -0.4 is 4.74 Å². The minimum Gasteiger partial charge on any atom is -0.507 e. The van der Waals surface area contributed by atoms with E-state index in [4.69, 9.17) is 4.74 Å². The Hall–Kier alpha value is -1.79. The van der Waals surface area contributed by atoms with E-state index < -0.39 is 23.8 Å². The molecule has 2 rings (SSSR count). The Labute approximate surface area is 116 Å². The molecule has 0 saturated heterocycles. The second-order valence-electron chi connectivity index (χ2n) is 5.37. The lowest BCUT2D eigenvalue weighted by atomic mass is 9.83. The van der Waals surface area contributed by atoms with Crippen molar-refractivity contribution in [3.63, 3.8) is 0 Å². The largest absolute Gasteiger partial charge is 0.507 e. The van der Waals surface area contributed by atoms with Gasteiger partial charge in [0.05, 0.1) is 0 Å². The third-order valence-corrected chi connectivity index (χ3v) is 4.16. The minimum absolute atomic E-state index is 0.00929. The first-order valence-electron chi connectivity index (χ1n) is 6.24. The van der Waals surface area contributed by atoms with Gasteiger partial charge < -0.3 is 25.2 Å². The second kappa shape index (κ2) is 4.36. The smallest absolute Gasteiger partial charge is 0.350 e. The van der Waals surface area contributed by atoms with Crippen molar-refractivity contribution in [3.8, 4) is 11.5 Å². The van der Waals surface area contributed by atoms with E-state index >= 15 is 0 Å². The quantitative estimate of drug-likeness (QED) is 0.611. The number of aliphatic hydroxyl groups excluding tert-OH is 2. The lowest BCUT2D eigenvalue weighted by Crippen LogP contribution is -2.57. The number of phenols is 1. The van der Waals surface area contributed by atoms with Gasteiger partial charge in [-0.2, -0.15) is 0 Å². The normalized spacial score (nSPS) is 28.7.